The molecule has 3 heteroatoms. The van der Waals surface area contributed by atoms with Gasteiger partial charge in [0.05, 0.1) is 0 Å². The van der Waals surface area contributed by atoms with Gasteiger partial charge < -0.3 is 0 Å². The van der Waals surface area contributed by atoms with Gasteiger partial charge in [-0.15, -0.1) is 24.8 Å². The Morgan fingerprint density at radius 1 is 0.783 bits per heavy atom. The third-order valence-corrected chi connectivity index (χ3v) is 8.41. The average molecular weight is 435 g/mol. The standard InChI is InChI=1S/2C10H15.2ClH.Zr/c2*1-9(2)7-8-10-5-3-4-6-10;;;/h2*3,5,9H,4,7-8H2,1-2H3;2*1H;. The van der Waals surface area contributed by atoms with Crippen molar-refractivity contribution in [2.24, 2.45) is 11.8 Å². The van der Waals surface area contributed by atoms with Gasteiger partial charge in [-0.1, -0.05) is 0 Å². The molecule has 0 heterocycles. The molecule has 0 radical (unpaired) electrons. The minimum atomic E-state index is -0.502. The summed E-state index contributed by atoms with van der Waals surface area (Å²) >= 11 is -0.502. The summed E-state index contributed by atoms with van der Waals surface area (Å²) in [6.45, 7) is 9.36. The topological polar surface area (TPSA) is 0 Å². The van der Waals surface area contributed by atoms with Crippen LogP contribution in [0, 0.1) is 11.8 Å². The van der Waals surface area contributed by atoms with E-state index in [-0.39, 0.29) is 24.8 Å². The summed E-state index contributed by atoms with van der Waals surface area (Å²) in [5.74, 6) is 1.65. The van der Waals surface area contributed by atoms with E-state index in [4.69, 9.17) is 0 Å². The Kier molecular flexibility index (Phi) is 12.1. The minimum Gasteiger partial charge on any atom is -0.147 e. The number of hydrogen-bond donors (Lipinski definition) is 0. The van der Waals surface area contributed by atoms with E-state index < -0.39 is 23.2 Å². The Balaban J connectivity index is 0.00000242. The summed E-state index contributed by atoms with van der Waals surface area (Å²) in [5, 5.41) is 0. The van der Waals surface area contributed by atoms with Gasteiger partial charge in [-0.3, -0.25) is 0 Å². The Hall–Kier alpha value is 0.423. The van der Waals surface area contributed by atoms with E-state index in [1.54, 1.807) is 11.1 Å². The van der Waals surface area contributed by atoms with Crippen molar-refractivity contribution < 1.29 is 23.2 Å². The molecule has 130 valence electrons. The maximum absolute atomic E-state index is 2.43. The number of hydrogen-bond acceptors (Lipinski definition) is 0. The molecule has 0 bridgehead atoms. The van der Waals surface area contributed by atoms with Crippen LogP contribution in [0.1, 0.15) is 66.2 Å². The van der Waals surface area contributed by atoms with Crippen molar-refractivity contribution in [3.8, 4) is 0 Å². The second-order valence-electron chi connectivity index (χ2n) is 7.21. The van der Waals surface area contributed by atoms with Crippen molar-refractivity contribution in [3.63, 3.8) is 0 Å². The van der Waals surface area contributed by atoms with Crippen molar-refractivity contribution in [2.45, 2.75) is 66.2 Å². The summed E-state index contributed by atoms with van der Waals surface area (Å²) < 4.78 is 3.72. The van der Waals surface area contributed by atoms with E-state index in [0.29, 0.717) is 0 Å². The second kappa shape index (κ2) is 11.9. The smallest absolute Gasteiger partial charge is 0.147 e. The van der Waals surface area contributed by atoms with Gasteiger partial charge in [0.2, 0.25) is 0 Å². The zero-order valence-electron chi connectivity index (χ0n) is 15.0. The van der Waals surface area contributed by atoms with Crippen LogP contribution in [0.25, 0.3) is 0 Å². The molecule has 0 saturated carbocycles. The molecule has 0 saturated heterocycles. The van der Waals surface area contributed by atoms with Crippen LogP contribution in [0.15, 0.2) is 42.0 Å². The van der Waals surface area contributed by atoms with Crippen LogP contribution < -0.4 is 0 Å². The largest absolute Gasteiger partial charge is 0.147 e. The molecule has 0 aromatic rings. The Labute approximate surface area is 167 Å². The molecular formula is C20H32Cl2Zr. The first-order valence-corrected chi connectivity index (χ1v) is 11.1. The van der Waals surface area contributed by atoms with E-state index in [9.17, 15) is 0 Å². The van der Waals surface area contributed by atoms with Crippen LogP contribution in [0.2, 0.25) is 0 Å². The molecule has 0 fully saturated rings. The van der Waals surface area contributed by atoms with Crippen LogP contribution in [0.4, 0.5) is 0 Å². The van der Waals surface area contributed by atoms with E-state index in [2.05, 4.69) is 52.0 Å². The van der Waals surface area contributed by atoms with Gasteiger partial charge in [0.25, 0.3) is 0 Å². The predicted molar refractivity (Wildman–Crippen MR) is 104 cm³/mol. The molecule has 0 amide bonds. The fraction of sp³-hybridized carbons (Fsp3) is 0.600. The van der Waals surface area contributed by atoms with Crippen molar-refractivity contribution in [2.75, 3.05) is 0 Å². The van der Waals surface area contributed by atoms with Gasteiger partial charge in [-0.2, -0.15) is 0 Å². The van der Waals surface area contributed by atoms with Crippen LogP contribution in [0.5, 0.6) is 0 Å². The monoisotopic (exact) mass is 432 g/mol. The van der Waals surface area contributed by atoms with Crippen LogP contribution >= 0.6 is 24.8 Å². The van der Waals surface area contributed by atoms with E-state index in [1.807, 2.05) is 6.56 Å². The van der Waals surface area contributed by atoms with Crippen LogP contribution in [-0.2, 0) is 23.2 Å². The molecule has 0 nitrogen and oxygen atoms in total. The van der Waals surface area contributed by atoms with Crippen molar-refractivity contribution >= 4 is 24.8 Å². The SMILES string of the molecule is CC(C)CCC1=[C]([Zr][C]2=C(CCC(C)C)C=CC2)CC=C1.Cl.Cl. The zero-order valence-corrected chi connectivity index (χ0v) is 19.1. The van der Waals surface area contributed by atoms with Gasteiger partial charge in [0.15, 0.2) is 0 Å². The Morgan fingerprint density at radius 2 is 1.17 bits per heavy atom. The summed E-state index contributed by atoms with van der Waals surface area (Å²) in [4.78, 5) is 0. The molecule has 0 N–H and O–H groups in total. The molecule has 0 aromatic carbocycles. The van der Waals surface area contributed by atoms with Gasteiger partial charge in [0.1, 0.15) is 0 Å². The maximum atomic E-state index is 2.43. The number of halogens is 2. The molecular weight excluding hydrogens is 402 g/mol. The number of allylic oxidation sites excluding steroid dienone is 8. The Morgan fingerprint density at radius 3 is 1.52 bits per heavy atom. The summed E-state index contributed by atoms with van der Waals surface area (Å²) in [6, 6.07) is 0. The quantitative estimate of drug-likeness (QED) is 0.378. The van der Waals surface area contributed by atoms with Crippen LogP contribution in [0.3, 0.4) is 0 Å². The number of rotatable bonds is 8. The molecule has 0 aromatic heterocycles. The first-order valence-electron chi connectivity index (χ1n) is 8.60. The third-order valence-electron chi connectivity index (χ3n) is 4.34. The van der Waals surface area contributed by atoms with Crippen LogP contribution in [-0.4, -0.2) is 0 Å². The van der Waals surface area contributed by atoms with Crippen molar-refractivity contribution in [1.29, 1.82) is 0 Å². The molecule has 2 aliphatic rings. The first-order chi connectivity index (χ1) is 10.1. The summed E-state index contributed by atoms with van der Waals surface area (Å²) in [7, 11) is 0. The van der Waals surface area contributed by atoms with Gasteiger partial charge in [0, 0.05) is 0 Å². The van der Waals surface area contributed by atoms with Crippen molar-refractivity contribution in [1.82, 2.24) is 0 Å². The predicted octanol–water partition coefficient (Wildman–Crippen LogP) is 7.21. The molecule has 23 heavy (non-hydrogen) atoms. The molecule has 0 unspecified atom stereocenters. The van der Waals surface area contributed by atoms with E-state index in [1.165, 1.54) is 38.5 Å². The minimum absolute atomic E-state index is 0. The fourth-order valence-corrected chi connectivity index (χ4v) is 6.69. The van der Waals surface area contributed by atoms with Crippen molar-refractivity contribution in [3.05, 3.63) is 42.0 Å². The fourth-order valence-electron chi connectivity index (χ4n) is 2.90. The first kappa shape index (κ1) is 23.4. The molecule has 0 atom stereocenters. The van der Waals surface area contributed by atoms with Gasteiger partial charge >= 0.3 is 143 Å². The summed E-state index contributed by atoms with van der Waals surface area (Å²) in [5.41, 5.74) is 3.41. The average Bonchev–Trinajstić information content (AvgIpc) is 3.04. The second-order valence-corrected chi connectivity index (χ2v) is 10.8. The maximum Gasteiger partial charge on any atom is -0.147 e. The van der Waals surface area contributed by atoms with Gasteiger partial charge in [-0.25, -0.2) is 0 Å². The molecule has 0 spiro atoms. The normalized spacial score (nSPS) is 16.4. The van der Waals surface area contributed by atoms with Gasteiger partial charge in [-0.05, 0) is 0 Å². The summed E-state index contributed by atoms with van der Waals surface area (Å²) in [6.07, 6.45) is 17.5. The molecule has 2 aliphatic carbocycles. The van der Waals surface area contributed by atoms with E-state index >= 15 is 0 Å². The Bertz CT molecular complexity index is 438. The molecule has 0 aliphatic heterocycles. The third kappa shape index (κ3) is 7.89. The molecule has 2 rings (SSSR count). The van der Waals surface area contributed by atoms with E-state index in [0.717, 1.165) is 11.8 Å². The zero-order chi connectivity index (χ0) is 15.2.